The van der Waals surface area contributed by atoms with E-state index in [1.54, 1.807) is 0 Å². The standard InChI is InChI=1S/C14H27N5/c1-10(2)7-12(9-19(5)6)17-13-8-11(3)16-14(15-4)18-13/h8,10,12H,7,9H2,1-6H3,(H2,15,16,17,18). The fraction of sp³-hybridized carbons (Fsp3) is 0.714. The first-order valence-electron chi connectivity index (χ1n) is 6.85. The molecule has 0 saturated heterocycles. The first-order chi connectivity index (χ1) is 8.90. The van der Waals surface area contributed by atoms with Crippen LogP contribution in [0.2, 0.25) is 0 Å². The second-order valence-electron chi connectivity index (χ2n) is 5.70. The Morgan fingerprint density at radius 1 is 1.26 bits per heavy atom. The summed E-state index contributed by atoms with van der Waals surface area (Å²) in [6, 6.07) is 2.39. The maximum atomic E-state index is 4.45. The Bertz CT molecular complexity index is 379. The van der Waals surface area contributed by atoms with Crippen LogP contribution in [0.3, 0.4) is 0 Å². The second kappa shape index (κ2) is 7.28. The molecule has 2 N–H and O–H groups in total. The van der Waals surface area contributed by atoms with Crippen molar-refractivity contribution in [2.75, 3.05) is 38.3 Å². The summed E-state index contributed by atoms with van der Waals surface area (Å²) in [4.78, 5) is 11.0. The van der Waals surface area contributed by atoms with Crippen molar-refractivity contribution >= 4 is 11.8 Å². The van der Waals surface area contributed by atoms with E-state index in [4.69, 9.17) is 0 Å². The van der Waals surface area contributed by atoms with Gasteiger partial charge in [-0.25, -0.2) is 4.98 Å². The summed E-state index contributed by atoms with van der Waals surface area (Å²) >= 11 is 0. The molecule has 0 aliphatic heterocycles. The van der Waals surface area contributed by atoms with Gasteiger partial charge in [-0.1, -0.05) is 13.8 Å². The van der Waals surface area contributed by atoms with Crippen LogP contribution in [-0.4, -0.2) is 48.6 Å². The lowest BCUT2D eigenvalue weighted by molar-refractivity contribution is 0.356. The Kier molecular flexibility index (Phi) is 6.02. The van der Waals surface area contributed by atoms with Crippen molar-refractivity contribution in [1.29, 1.82) is 0 Å². The molecule has 0 spiro atoms. The molecule has 1 aromatic rings. The average Bonchev–Trinajstić information content (AvgIpc) is 2.26. The Balaban J connectivity index is 2.79. The van der Waals surface area contributed by atoms with E-state index >= 15 is 0 Å². The SMILES string of the molecule is CNc1nc(C)cc(NC(CC(C)C)CN(C)C)n1. The predicted molar refractivity (Wildman–Crippen MR) is 81.7 cm³/mol. The van der Waals surface area contributed by atoms with Gasteiger partial charge in [-0.15, -0.1) is 0 Å². The van der Waals surface area contributed by atoms with Gasteiger partial charge in [-0.3, -0.25) is 0 Å². The minimum Gasteiger partial charge on any atom is -0.366 e. The molecule has 1 atom stereocenters. The van der Waals surface area contributed by atoms with Crippen molar-refractivity contribution in [2.45, 2.75) is 33.2 Å². The Morgan fingerprint density at radius 2 is 1.95 bits per heavy atom. The maximum absolute atomic E-state index is 4.45. The van der Waals surface area contributed by atoms with Crippen LogP contribution >= 0.6 is 0 Å². The van der Waals surface area contributed by atoms with Crippen LogP contribution in [0.5, 0.6) is 0 Å². The third-order valence-corrected chi connectivity index (χ3v) is 2.77. The summed E-state index contributed by atoms with van der Waals surface area (Å²) in [5, 5.41) is 6.51. The van der Waals surface area contributed by atoms with E-state index in [2.05, 4.69) is 53.4 Å². The van der Waals surface area contributed by atoms with E-state index < -0.39 is 0 Å². The highest BCUT2D eigenvalue weighted by Crippen LogP contribution is 2.14. The summed E-state index contributed by atoms with van der Waals surface area (Å²) in [6.45, 7) is 7.47. The molecule has 0 aromatic carbocycles. The highest BCUT2D eigenvalue weighted by molar-refractivity contribution is 5.42. The lowest BCUT2D eigenvalue weighted by Gasteiger charge is -2.24. The molecule has 1 rings (SSSR count). The van der Waals surface area contributed by atoms with E-state index in [0.29, 0.717) is 17.9 Å². The molecule has 5 nitrogen and oxygen atoms in total. The molecule has 5 heteroatoms. The van der Waals surface area contributed by atoms with Crippen LogP contribution in [0.25, 0.3) is 0 Å². The first-order valence-corrected chi connectivity index (χ1v) is 6.85. The van der Waals surface area contributed by atoms with Crippen LogP contribution < -0.4 is 10.6 Å². The largest absolute Gasteiger partial charge is 0.366 e. The number of nitrogens with one attached hydrogen (secondary N) is 2. The monoisotopic (exact) mass is 265 g/mol. The number of aromatic nitrogens is 2. The first kappa shape index (κ1) is 15.7. The molecular weight excluding hydrogens is 238 g/mol. The normalized spacial score (nSPS) is 12.8. The highest BCUT2D eigenvalue weighted by Gasteiger charge is 2.13. The molecule has 0 bridgehead atoms. The molecular formula is C14H27N5. The Labute approximate surface area is 116 Å². The van der Waals surface area contributed by atoms with Gasteiger partial charge >= 0.3 is 0 Å². The van der Waals surface area contributed by atoms with Crippen molar-refractivity contribution in [3.8, 4) is 0 Å². The van der Waals surface area contributed by atoms with Crippen molar-refractivity contribution in [2.24, 2.45) is 5.92 Å². The summed E-state index contributed by atoms with van der Waals surface area (Å²) < 4.78 is 0. The molecule has 1 aromatic heterocycles. The number of likely N-dealkylation sites (N-methyl/N-ethyl adjacent to an activating group) is 1. The fourth-order valence-electron chi connectivity index (χ4n) is 2.15. The molecule has 0 aliphatic carbocycles. The third-order valence-electron chi connectivity index (χ3n) is 2.77. The minimum atomic E-state index is 0.397. The summed E-state index contributed by atoms with van der Waals surface area (Å²) in [5.74, 6) is 2.21. The molecule has 108 valence electrons. The van der Waals surface area contributed by atoms with Gasteiger partial charge in [-0.2, -0.15) is 4.98 Å². The molecule has 0 fully saturated rings. The Morgan fingerprint density at radius 3 is 2.47 bits per heavy atom. The van der Waals surface area contributed by atoms with Gasteiger partial charge in [0.1, 0.15) is 5.82 Å². The van der Waals surface area contributed by atoms with Crippen molar-refractivity contribution in [1.82, 2.24) is 14.9 Å². The average molecular weight is 265 g/mol. The molecule has 19 heavy (non-hydrogen) atoms. The van der Waals surface area contributed by atoms with Crippen LogP contribution in [0.15, 0.2) is 6.07 Å². The highest BCUT2D eigenvalue weighted by atomic mass is 15.2. The van der Waals surface area contributed by atoms with Gasteiger partial charge in [0, 0.05) is 31.4 Å². The minimum absolute atomic E-state index is 0.397. The lowest BCUT2D eigenvalue weighted by Crippen LogP contribution is -2.33. The second-order valence-corrected chi connectivity index (χ2v) is 5.70. The summed E-state index contributed by atoms with van der Waals surface area (Å²) in [6.07, 6.45) is 1.12. The number of aryl methyl sites for hydroxylation is 1. The zero-order valence-corrected chi connectivity index (χ0v) is 13.0. The topological polar surface area (TPSA) is 53.1 Å². The number of nitrogens with zero attached hydrogens (tertiary/aromatic N) is 3. The molecule has 0 saturated carbocycles. The van der Waals surface area contributed by atoms with E-state index in [1.165, 1.54) is 0 Å². The van der Waals surface area contributed by atoms with Gasteiger partial charge in [0.2, 0.25) is 5.95 Å². The van der Waals surface area contributed by atoms with Crippen molar-refractivity contribution in [3.63, 3.8) is 0 Å². The zero-order chi connectivity index (χ0) is 14.4. The van der Waals surface area contributed by atoms with Crippen LogP contribution in [-0.2, 0) is 0 Å². The van der Waals surface area contributed by atoms with E-state index in [1.807, 2.05) is 20.0 Å². The quantitative estimate of drug-likeness (QED) is 0.791. The van der Waals surface area contributed by atoms with E-state index in [0.717, 1.165) is 24.5 Å². The maximum Gasteiger partial charge on any atom is 0.224 e. The third kappa shape index (κ3) is 5.87. The van der Waals surface area contributed by atoms with Gasteiger partial charge in [0.25, 0.3) is 0 Å². The van der Waals surface area contributed by atoms with Gasteiger partial charge < -0.3 is 15.5 Å². The molecule has 0 aliphatic rings. The molecule has 1 unspecified atom stereocenters. The van der Waals surface area contributed by atoms with E-state index in [-0.39, 0.29) is 0 Å². The van der Waals surface area contributed by atoms with Gasteiger partial charge in [0.15, 0.2) is 0 Å². The van der Waals surface area contributed by atoms with E-state index in [9.17, 15) is 0 Å². The number of hydrogen-bond donors (Lipinski definition) is 2. The number of anilines is 2. The predicted octanol–water partition coefficient (Wildman–Crippen LogP) is 2.21. The Hall–Kier alpha value is -1.36. The van der Waals surface area contributed by atoms with Crippen molar-refractivity contribution < 1.29 is 0 Å². The van der Waals surface area contributed by atoms with Crippen molar-refractivity contribution in [3.05, 3.63) is 11.8 Å². The summed E-state index contributed by atoms with van der Waals surface area (Å²) in [7, 11) is 6.03. The smallest absolute Gasteiger partial charge is 0.224 e. The van der Waals surface area contributed by atoms with Crippen LogP contribution in [0.1, 0.15) is 26.0 Å². The molecule has 0 amide bonds. The zero-order valence-electron chi connectivity index (χ0n) is 13.0. The van der Waals surface area contributed by atoms with Gasteiger partial charge in [0.05, 0.1) is 0 Å². The molecule has 1 heterocycles. The number of hydrogen-bond acceptors (Lipinski definition) is 5. The van der Waals surface area contributed by atoms with Crippen LogP contribution in [0.4, 0.5) is 11.8 Å². The summed E-state index contributed by atoms with van der Waals surface area (Å²) in [5.41, 5.74) is 0.968. The number of rotatable bonds is 7. The fourth-order valence-corrected chi connectivity index (χ4v) is 2.15. The van der Waals surface area contributed by atoms with Crippen LogP contribution in [0, 0.1) is 12.8 Å². The van der Waals surface area contributed by atoms with Gasteiger partial charge in [-0.05, 0) is 33.4 Å². The molecule has 0 radical (unpaired) electrons. The lowest BCUT2D eigenvalue weighted by atomic mass is 10.0.